The molecular weight excluding hydrogens is 460 g/mol. The van der Waals surface area contributed by atoms with Crippen LogP contribution in [0, 0.1) is 6.92 Å². The number of benzene rings is 2. The summed E-state index contributed by atoms with van der Waals surface area (Å²) in [6.07, 6.45) is 3.27. The fraction of sp³-hybridized carbons (Fsp3) is 0.185. The number of allylic oxidation sites excluding steroid dienone is 1. The van der Waals surface area contributed by atoms with Gasteiger partial charge in [-0.1, -0.05) is 32.1 Å². The molecule has 7 nitrogen and oxygen atoms in total. The number of carbonyl (C=O) groups is 1. The van der Waals surface area contributed by atoms with Crippen LogP contribution in [0.3, 0.4) is 0 Å². The Kier molecular flexibility index (Phi) is 6.75. The number of hydrogen-bond acceptors (Lipinski definition) is 4. The van der Waals surface area contributed by atoms with Gasteiger partial charge in [-0.05, 0) is 72.5 Å². The number of fused-ring (bicyclic) bond motifs is 1. The molecule has 0 aliphatic rings. The maximum atomic E-state index is 13.3. The predicted molar refractivity (Wildman–Crippen MR) is 140 cm³/mol. The predicted octanol–water partition coefficient (Wildman–Crippen LogP) is 5.71. The van der Waals surface area contributed by atoms with Gasteiger partial charge in [0.2, 0.25) is 0 Å². The molecule has 0 fully saturated rings. The molecule has 0 radical (unpaired) electrons. The van der Waals surface area contributed by atoms with Gasteiger partial charge in [0, 0.05) is 29.3 Å². The summed E-state index contributed by atoms with van der Waals surface area (Å²) in [5, 5.41) is 3.94. The van der Waals surface area contributed by atoms with E-state index in [0.29, 0.717) is 23.8 Å². The average molecular weight is 489 g/mol. The fourth-order valence-corrected chi connectivity index (χ4v) is 5.05. The first-order valence-corrected chi connectivity index (χ1v) is 12.8. The van der Waals surface area contributed by atoms with E-state index >= 15 is 0 Å². The zero-order valence-electron chi connectivity index (χ0n) is 19.9. The zero-order valence-corrected chi connectivity index (χ0v) is 20.8. The molecule has 0 aliphatic heterocycles. The molecule has 1 amide bonds. The summed E-state index contributed by atoms with van der Waals surface area (Å²) in [6, 6.07) is 17.3. The summed E-state index contributed by atoms with van der Waals surface area (Å²) in [4.78, 5) is 17.4. The summed E-state index contributed by atoms with van der Waals surface area (Å²) in [5.74, 6) is 0.339. The van der Waals surface area contributed by atoms with Gasteiger partial charge in [-0.3, -0.25) is 9.52 Å². The first kappa shape index (κ1) is 24.2. The Hall–Kier alpha value is -3.91. The third-order valence-electron chi connectivity index (χ3n) is 5.86. The lowest BCUT2D eigenvalue weighted by atomic mass is 10.0. The molecular formula is C27H28N4O3S. The monoisotopic (exact) mass is 488 g/mol. The Balaban J connectivity index is 1.61. The number of aryl methyl sites for hydroxylation is 1. The van der Waals surface area contributed by atoms with Crippen molar-refractivity contribution in [1.29, 1.82) is 0 Å². The van der Waals surface area contributed by atoms with E-state index in [1.54, 1.807) is 36.4 Å². The van der Waals surface area contributed by atoms with Crippen LogP contribution in [0.25, 0.3) is 10.9 Å². The van der Waals surface area contributed by atoms with Crippen molar-refractivity contribution in [2.45, 2.75) is 38.1 Å². The van der Waals surface area contributed by atoms with Gasteiger partial charge in [0.1, 0.15) is 11.5 Å². The molecule has 0 atom stereocenters. The van der Waals surface area contributed by atoms with E-state index in [-0.39, 0.29) is 16.6 Å². The number of nitrogens with zero attached hydrogens (tertiary/aromatic N) is 2. The number of anilines is 2. The van der Waals surface area contributed by atoms with Crippen molar-refractivity contribution in [2.24, 2.45) is 0 Å². The van der Waals surface area contributed by atoms with Gasteiger partial charge in [-0.2, -0.15) is 0 Å². The highest BCUT2D eigenvalue weighted by Crippen LogP contribution is 2.30. The number of amides is 1. The van der Waals surface area contributed by atoms with Crippen LogP contribution in [-0.4, -0.2) is 23.9 Å². The molecule has 35 heavy (non-hydrogen) atoms. The van der Waals surface area contributed by atoms with E-state index in [9.17, 15) is 13.2 Å². The van der Waals surface area contributed by atoms with Crippen LogP contribution in [0.1, 0.15) is 41.4 Å². The summed E-state index contributed by atoms with van der Waals surface area (Å²) in [6.45, 7) is 10.6. The highest BCUT2D eigenvalue weighted by atomic mass is 32.2. The van der Waals surface area contributed by atoms with E-state index in [4.69, 9.17) is 0 Å². The van der Waals surface area contributed by atoms with Gasteiger partial charge in [0.25, 0.3) is 15.9 Å². The molecule has 2 aromatic heterocycles. The summed E-state index contributed by atoms with van der Waals surface area (Å²) in [7, 11) is -3.80. The first-order valence-electron chi connectivity index (χ1n) is 11.3. The molecule has 0 spiro atoms. The zero-order chi connectivity index (χ0) is 25.2. The van der Waals surface area contributed by atoms with Crippen LogP contribution in [0.5, 0.6) is 0 Å². The number of rotatable bonds is 8. The summed E-state index contributed by atoms with van der Waals surface area (Å²) >= 11 is 0. The molecule has 8 heteroatoms. The lowest BCUT2D eigenvalue weighted by molar-refractivity contribution is 0.101. The van der Waals surface area contributed by atoms with Crippen molar-refractivity contribution in [2.75, 3.05) is 10.0 Å². The number of nitrogens with one attached hydrogen (secondary N) is 2. The van der Waals surface area contributed by atoms with Gasteiger partial charge in [-0.15, -0.1) is 6.58 Å². The largest absolute Gasteiger partial charge is 0.332 e. The lowest BCUT2D eigenvalue weighted by Gasteiger charge is -2.11. The minimum atomic E-state index is -3.80. The Labute approximate surface area is 205 Å². The van der Waals surface area contributed by atoms with Gasteiger partial charge in [0.05, 0.1) is 4.90 Å². The smallest absolute Gasteiger partial charge is 0.272 e. The molecule has 4 rings (SSSR count). The SMILES string of the molecule is C=CCn1c(C(=O)Nc2ccc(S(=O)(=O)Nc3ccccn3)cc2)c(C)c2cc(C(C)C)ccc21. The molecule has 0 saturated heterocycles. The average Bonchev–Trinajstić information content (AvgIpc) is 3.11. The van der Waals surface area contributed by atoms with Crippen LogP contribution < -0.4 is 10.0 Å². The number of aromatic nitrogens is 2. The molecule has 2 aromatic carbocycles. The molecule has 0 bridgehead atoms. The van der Waals surface area contributed by atoms with Crippen LogP contribution in [0.2, 0.25) is 0 Å². The van der Waals surface area contributed by atoms with Gasteiger partial charge >= 0.3 is 0 Å². The molecule has 2 heterocycles. The second kappa shape index (κ2) is 9.76. The molecule has 4 aromatic rings. The van der Waals surface area contributed by atoms with Crippen LogP contribution in [0.4, 0.5) is 11.5 Å². The molecule has 0 saturated carbocycles. The lowest BCUT2D eigenvalue weighted by Crippen LogP contribution is -2.18. The molecule has 180 valence electrons. The standard InChI is InChI=1S/C27H28N4O3S/c1-5-16-31-24-14-9-20(18(2)3)17-23(24)19(4)26(31)27(32)29-21-10-12-22(13-11-21)35(33,34)30-25-8-6-7-15-28-25/h5-15,17-18H,1,16H2,2-4H3,(H,28,30)(H,29,32). The normalized spacial score (nSPS) is 11.5. The Morgan fingerprint density at radius 2 is 1.86 bits per heavy atom. The topological polar surface area (TPSA) is 93.1 Å². The molecule has 0 unspecified atom stereocenters. The minimum Gasteiger partial charge on any atom is -0.332 e. The quantitative estimate of drug-likeness (QED) is 0.311. The van der Waals surface area contributed by atoms with Crippen molar-refractivity contribution >= 4 is 38.3 Å². The number of carbonyl (C=O) groups excluding carboxylic acids is 1. The third kappa shape index (κ3) is 4.97. The highest BCUT2D eigenvalue weighted by Gasteiger charge is 2.21. The van der Waals surface area contributed by atoms with Crippen molar-refractivity contribution in [3.8, 4) is 0 Å². The Bertz CT molecular complexity index is 1490. The number of hydrogen-bond donors (Lipinski definition) is 2. The van der Waals surface area contributed by atoms with Crippen LogP contribution in [-0.2, 0) is 16.6 Å². The van der Waals surface area contributed by atoms with Gasteiger partial charge in [-0.25, -0.2) is 13.4 Å². The second-order valence-corrected chi connectivity index (χ2v) is 10.3. The molecule has 0 aliphatic carbocycles. The van der Waals surface area contributed by atoms with E-state index in [1.807, 2.05) is 17.6 Å². The van der Waals surface area contributed by atoms with Crippen molar-refractivity contribution in [3.63, 3.8) is 0 Å². The van der Waals surface area contributed by atoms with Crippen LogP contribution in [0.15, 0.2) is 84.4 Å². The van der Waals surface area contributed by atoms with Crippen molar-refractivity contribution in [1.82, 2.24) is 9.55 Å². The van der Waals surface area contributed by atoms with E-state index in [2.05, 4.69) is 47.6 Å². The highest BCUT2D eigenvalue weighted by molar-refractivity contribution is 7.92. The number of pyridine rings is 1. The van der Waals surface area contributed by atoms with Gasteiger partial charge < -0.3 is 9.88 Å². The van der Waals surface area contributed by atoms with Crippen molar-refractivity contribution in [3.05, 3.63) is 96.3 Å². The van der Waals surface area contributed by atoms with E-state index in [1.165, 1.54) is 23.9 Å². The van der Waals surface area contributed by atoms with Gasteiger partial charge in [0.15, 0.2) is 0 Å². The van der Waals surface area contributed by atoms with E-state index < -0.39 is 10.0 Å². The maximum Gasteiger partial charge on any atom is 0.272 e. The Morgan fingerprint density at radius 3 is 2.49 bits per heavy atom. The van der Waals surface area contributed by atoms with Crippen molar-refractivity contribution < 1.29 is 13.2 Å². The third-order valence-corrected chi connectivity index (χ3v) is 7.23. The van der Waals surface area contributed by atoms with Crippen LogP contribution >= 0.6 is 0 Å². The molecule has 2 N–H and O–H groups in total. The number of sulfonamides is 1. The Morgan fingerprint density at radius 1 is 1.11 bits per heavy atom. The maximum absolute atomic E-state index is 13.3. The summed E-state index contributed by atoms with van der Waals surface area (Å²) in [5.41, 5.74) is 4.11. The second-order valence-electron chi connectivity index (χ2n) is 8.60. The summed E-state index contributed by atoms with van der Waals surface area (Å²) < 4.78 is 29.7. The first-order chi connectivity index (χ1) is 16.7. The minimum absolute atomic E-state index is 0.0688. The fourth-order valence-electron chi connectivity index (χ4n) is 4.04. The van der Waals surface area contributed by atoms with E-state index in [0.717, 1.165) is 16.5 Å².